The molecule has 0 aromatic carbocycles. The van der Waals surface area contributed by atoms with Crippen LogP contribution in [-0.2, 0) is 0 Å². The number of hydrogen-bond donors (Lipinski definition) is 2. The van der Waals surface area contributed by atoms with Gasteiger partial charge in [0.1, 0.15) is 11.0 Å². The van der Waals surface area contributed by atoms with Gasteiger partial charge in [0.15, 0.2) is 0 Å². The summed E-state index contributed by atoms with van der Waals surface area (Å²) in [6, 6.07) is 0. The first kappa shape index (κ1) is 11.2. The van der Waals surface area contributed by atoms with Crippen molar-refractivity contribution in [3.8, 4) is 0 Å². The topological polar surface area (TPSA) is 58.0 Å². The van der Waals surface area contributed by atoms with E-state index in [9.17, 15) is 5.11 Å². The van der Waals surface area contributed by atoms with Crippen LogP contribution in [0.25, 0.3) is 0 Å². The third-order valence-electron chi connectivity index (χ3n) is 2.16. The first-order valence-electron chi connectivity index (χ1n) is 4.46. The van der Waals surface area contributed by atoms with Gasteiger partial charge in [0.2, 0.25) is 0 Å². The fourth-order valence-corrected chi connectivity index (χ4v) is 1.10. The molecule has 0 saturated heterocycles. The molecule has 4 nitrogen and oxygen atoms in total. The van der Waals surface area contributed by atoms with E-state index in [4.69, 9.17) is 11.6 Å². The molecule has 1 aromatic heterocycles. The molecule has 1 heterocycles. The van der Waals surface area contributed by atoms with Crippen LogP contribution in [-0.4, -0.2) is 27.2 Å². The maximum atomic E-state index is 9.17. The fourth-order valence-electron chi connectivity index (χ4n) is 0.951. The predicted octanol–water partition coefficient (Wildman–Crippen LogP) is 1.70. The number of nitrogens with zero attached hydrogens (tertiary/aromatic N) is 2. The molecule has 1 rings (SSSR count). The van der Waals surface area contributed by atoms with Crippen LogP contribution in [0.3, 0.4) is 0 Å². The number of aliphatic hydroxyl groups excluding tert-OH is 1. The second-order valence-corrected chi connectivity index (χ2v) is 3.81. The molecule has 0 radical (unpaired) electrons. The molecule has 0 aliphatic heterocycles. The average Bonchev–Trinajstić information content (AvgIpc) is 2.18. The fraction of sp³-hybridized carbons (Fsp3) is 0.556. The SMILES string of the molecule is CCC(C)(CO)Nc1cncc(Cl)n1. The second kappa shape index (κ2) is 4.57. The van der Waals surface area contributed by atoms with Gasteiger partial charge in [-0.15, -0.1) is 0 Å². The average molecular weight is 216 g/mol. The largest absolute Gasteiger partial charge is 0.394 e. The molecule has 0 aliphatic carbocycles. The molecule has 5 heteroatoms. The Morgan fingerprint density at radius 3 is 2.79 bits per heavy atom. The number of nitrogens with one attached hydrogen (secondary N) is 1. The van der Waals surface area contributed by atoms with Crippen molar-refractivity contribution >= 4 is 17.4 Å². The second-order valence-electron chi connectivity index (χ2n) is 3.42. The minimum Gasteiger partial charge on any atom is -0.394 e. The van der Waals surface area contributed by atoms with Gasteiger partial charge >= 0.3 is 0 Å². The molecule has 0 aliphatic rings. The summed E-state index contributed by atoms with van der Waals surface area (Å²) in [5.41, 5.74) is -0.376. The molecule has 14 heavy (non-hydrogen) atoms. The van der Waals surface area contributed by atoms with Crippen molar-refractivity contribution in [3.63, 3.8) is 0 Å². The van der Waals surface area contributed by atoms with Crippen LogP contribution in [0, 0.1) is 0 Å². The van der Waals surface area contributed by atoms with E-state index in [1.807, 2.05) is 13.8 Å². The van der Waals surface area contributed by atoms with E-state index in [1.54, 1.807) is 6.20 Å². The van der Waals surface area contributed by atoms with Crippen molar-refractivity contribution in [2.24, 2.45) is 0 Å². The highest BCUT2D eigenvalue weighted by atomic mass is 35.5. The Kier molecular flexibility index (Phi) is 3.66. The molecular formula is C9H14ClN3O. The molecule has 0 saturated carbocycles. The molecular weight excluding hydrogens is 202 g/mol. The maximum Gasteiger partial charge on any atom is 0.149 e. The summed E-state index contributed by atoms with van der Waals surface area (Å²) in [7, 11) is 0. The van der Waals surface area contributed by atoms with Crippen molar-refractivity contribution in [2.45, 2.75) is 25.8 Å². The Morgan fingerprint density at radius 2 is 2.29 bits per heavy atom. The van der Waals surface area contributed by atoms with Gasteiger partial charge in [0.05, 0.1) is 24.5 Å². The van der Waals surface area contributed by atoms with Gasteiger partial charge in [-0.2, -0.15) is 0 Å². The Bertz CT molecular complexity index is 302. The standard InChI is InChI=1S/C9H14ClN3O/c1-3-9(2,6-14)13-8-5-11-4-7(10)12-8/h4-5,14H,3,6H2,1-2H3,(H,12,13). The highest BCUT2D eigenvalue weighted by Crippen LogP contribution is 2.16. The van der Waals surface area contributed by atoms with E-state index in [-0.39, 0.29) is 12.1 Å². The summed E-state index contributed by atoms with van der Waals surface area (Å²) in [5.74, 6) is 0.580. The summed E-state index contributed by atoms with van der Waals surface area (Å²) < 4.78 is 0. The van der Waals surface area contributed by atoms with E-state index in [2.05, 4.69) is 15.3 Å². The number of halogens is 1. The summed E-state index contributed by atoms with van der Waals surface area (Å²) in [4.78, 5) is 7.93. The third-order valence-corrected chi connectivity index (χ3v) is 2.35. The van der Waals surface area contributed by atoms with Crippen molar-refractivity contribution < 1.29 is 5.11 Å². The molecule has 2 N–H and O–H groups in total. The molecule has 0 amide bonds. The molecule has 1 unspecified atom stereocenters. The van der Waals surface area contributed by atoms with Gasteiger partial charge in [-0.25, -0.2) is 4.98 Å². The first-order chi connectivity index (χ1) is 6.59. The zero-order valence-electron chi connectivity index (χ0n) is 8.29. The normalized spacial score (nSPS) is 14.9. The monoisotopic (exact) mass is 215 g/mol. The highest BCUT2D eigenvalue weighted by Gasteiger charge is 2.20. The van der Waals surface area contributed by atoms with Gasteiger partial charge in [0, 0.05) is 0 Å². The van der Waals surface area contributed by atoms with Gasteiger partial charge in [-0.05, 0) is 13.3 Å². The zero-order chi connectivity index (χ0) is 10.6. The first-order valence-corrected chi connectivity index (χ1v) is 4.84. The van der Waals surface area contributed by atoms with Gasteiger partial charge in [0.25, 0.3) is 0 Å². The summed E-state index contributed by atoms with van der Waals surface area (Å²) in [6.07, 6.45) is 3.84. The lowest BCUT2D eigenvalue weighted by Crippen LogP contribution is -2.38. The van der Waals surface area contributed by atoms with E-state index in [0.717, 1.165) is 6.42 Å². The smallest absolute Gasteiger partial charge is 0.149 e. The minimum absolute atomic E-state index is 0.0394. The molecule has 78 valence electrons. The Hall–Kier alpha value is -0.870. The van der Waals surface area contributed by atoms with Crippen LogP contribution in [0.5, 0.6) is 0 Å². The predicted molar refractivity (Wildman–Crippen MR) is 56.4 cm³/mol. The van der Waals surface area contributed by atoms with Gasteiger partial charge in [-0.1, -0.05) is 18.5 Å². The van der Waals surface area contributed by atoms with E-state index in [1.165, 1.54) is 6.20 Å². The van der Waals surface area contributed by atoms with Gasteiger partial charge in [-0.3, -0.25) is 4.98 Å². The number of aromatic nitrogens is 2. The summed E-state index contributed by atoms with van der Waals surface area (Å²) in [6.45, 7) is 3.94. The number of aliphatic hydroxyl groups is 1. The quantitative estimate of drug-likeness (QED) is 0.803. The highest BCUT2D eigenvalue weighted by molar-refractivity contribution is 6.29. The van der Waals surface area contributed by atoms with Crippen LogP contribution in [0.15, 0.2) is 12.4 Å². The number of hydrogen-bond acceptors (Lipinski definition) is 4. The Labute approximate surface area is 88.3 Å². The molecule has 1 atom stereocenters. The molecule has 1 aromatic rings. The summed E-state index contributed by atoms with van der Waals surface area (Å²) in [5, 5.41) is 12.6. The van der Waals surface area contributed by atoms with Gasteiger partial charge < -0.3 is 10.4 Å². The van der Waals surface area contributed by atoms with E-state index >= 15 is 0 Å². The lowest BCUT2D eigenvalue weighted by molar-refractivity contribution is 0.218. The van der Waals surface area contributed by atoms with Crippen LogP contribution >= 0.6 is 11.6 Å². The van der Waals surface area contributed by atoms with Crippen LogP contribution in [0.1, 0.15) is 20.3 Å². The zero-order valence-corrected chi connectivity index (χ0v) is 9.04. The number of rotatable bonds is 4. The van der Waals surface area contributed by atoms with Crippen molar-refractivity contribution in [3.05, 3.63) is 17.5 Å². The van der Waals surface area contributed by atoms with Crippen molar-refractivity contribution in [2.75, 3.05) is 11.9 Å². The minimum atomic E-state index is -0.376. The third kappa shape index (κ3) is 2.82. The van der Waals surface area contributed by atoms with E-state index < -0.39 is 0 Å². The number of anilines is 1. The van der Waals surface area contributed by atoms with E-state index in [0.29, 0.717) is 11.0 Å². The maximum absolute atomic E-state index is 9.17. The van der Waals surface area contributed by atoms with Crippen LogP contribution < -0.4 is 5.32 Å². The van der Waals surface area contributed by atoms with Crippen LogP contribution in [0.4, 0.5) is 5.82 Å². The molecule has 0 spiro atoms. The van der Waals surface area contributed by atoms with Crippen molar-refractivity contribution in [1.29, 1.82) is 0 Å². The lowest BCUT2D eigenvalue weighted by atomic mass is 10.0. The van der Waals surface area contributed by atoms with Crippen molar-refractivity contribution in [1.82, 2.24) is 9.97 Å². The summed E-state index contributed by atoms with van der Waals surface area (Å²) >= 11 is 5.68. The molecule has 0 fully saturated rings. The lowest BCUT2D eigenvalue weighted by Gasteiger charge is -2.27. The Balaban J connectivity index is 2.77. The Morgan fingerprint density at radius 1 is 1.57 bits per heavy atom. The van der Waals surface area contributed by atoms with Crippen LogP contribution in [0.2, 0.25) is 5.15 Å². The molecule has 0 bridgehead atoms.